The summed E-state index contributed by atoms with van der Waals surface area (Å²) in [7, 11) is 0. The molecule has 1 aliphatic rings. The first-order valence-corrected chi connectivity index (χ1v) is 5.17. The molecule has 1 fully saturated rings. The fourth-order valence-electron chi connectivity index (χ4n) is 1.91. The van der Waals surface area contributed by atoms with Crippen LogP contribution in [0.15, 0.2) is 18.2 Å². The van der Waals surface area contributed by atoms with E-state index in [0.29, 0.717) is 5.92 Å². The van der Waals surface area contributed by atoms with E-state index in [1.807, 2.05) is 6.07 Å². The van der Waals surface area contributed by atoms with Crippen LogP contribution >= 0.6 is 0 Å². The summed E-state index contributed by atoms with van der Waals surface area (Å²) in [6.07, 6.45) is 3.51. The van der Waals surface area contributed by atoms with E-state index < -0.39 is 5.82 Å². The van der Waals surface area contributed by atoms with Crippen LogP contribution in [0.25, 0.3) is 0 Å². The Bertz CT molecular complexity index is 405. The van der Waals surface area contributed by atoms with Crippen molar-refractivity contribution >= 4 is 0 Å². The van der Waals surface area contributed by atoms with Crippen LogP contribution in [0.4, 0.5) is 4.39 Å². The second kappa shape index (κ2) is 4.00. The predicted molar refractivity (Wildman–Crippen MR) is 55.4 cm³/mol. The van der Waals surface area contributed by atoms with Crippen molar-refractivity contribution in [2.45, 2.75) is 25.3 Å². The van der Waals surface area contributed by atoms with Gasteiger partial charge in [-0.15, -0.1) is 0 Å². The van der Waals surface area contributed by atoms with Crippen LogP contribution in [0.2, 0.25) is 0 Å². The van der Waals surface area contributed by atoms with Gasteiger partial charge < -0.3 is 5.73 Å². The number of nitriles is 1. The maximum Gasteiger partial charge on any atom is 0.140 e. The van der Waals surface area contributed by atoms with Crippen LogP contribution in [0.1, 0.15) is 36.4 Å². The molecular weight excluding hydrogens is 191 g/mol. The molecule has 0 bridgehead atoms. The molecule has 3 heteroatoms. The van der Waals surface area contributed by atoms with Crippen molar-refractivity contribution in [2.75, 3.05) is 0 Å². The Labute approximate surface area is 88.5 Å². The quantitative estimate of drug-likeness (QED) is 0.804. The normalized spacial score (nSPS) is 17.9. The molecule has 0 unspecified atom stereocenters. The summed E-state index contributed by atoms with van der Waals surface area (Å²) in [5.41, 5.74) is 7.00. The number of nitrogens with zero attached hydrogens (tertiary/aromatic N) is 1. The van der Waals surface area contributed by atoms with E-state index in [0.717, 1.165) is 18.4 Å². The molecule has 15 heavy (non-hydrogen) atoms. The van der Waals surface area contributed by atoms with E-state index in [4.69, 9.17) is 11.0 Å². The summed E-state index contributed by atoms with van der Waals surface area (Å²) in [5, 5.41) is 8.70. The lowest BCUT2D eigenvalue weighted by molar-refractivity contribution is 0.264. The molecule has 1 aromatic rings. The maximum atomic E-state index is 13.1. The summed E-state index contributed by atoms with van der Waals surface area (Å²) in [6, 6.07) is 6.36. The third kappa shape index (κ3) is 1.86. The molecule has 0 amide bonds. The van der Waals surface area contributed by atoms with E-state index in [-0.39, 0.29) is 11.6 Å². The molecule has 1 aromatic carbocycles. The molecule has 0 radical (unpaired) electrons. The van der Waals surface area contributed by atoms with Gasteiger partial charge in [0.05, 0.1) is 5.56 Å². The SMILES string of the molecule is N#Cc1cc([C@@H](N)C2CCC2)ccc1F. The largest absolute Gasteiger partial charge is 0.324 e. The van der Waals surface area contributed by atoms with Crippen LogP contribution in [0.3, 0.4) is 0 Å². The Balaban J connectivity index is 2.24. The van der Waals surface area contributed by atoms with Crippen LogP contribution < -0.4 is 5.73 Å². The van der Waals surface area contributed by atoms with E-state index in [2.05, 4.69) is 0 Å². The number of benzene rings is 1. The van der Waals surface area contributed by atoms with Crippen molar-refractivity contribution in [1.82, 2.24) is 0 Å². The van der Waals surface area contributed by atoms with Crippen molar-refractivity contribution in [3.63, 3.8) is 0 Å². The molecule has 2 N–H and O–H groups in total. The zero-order valence-electron chi connectivity index (χ0n) is 8.41. The van der Waals surface area contributed by atoms with Gasteiger partial charge >= 0.3 is 0 Å². The molecule has 0 heterocycles. The Hall–Kier alpha value is -1.40. The Kier molecular flexibility index (Phi) is 2.70. The van der Waals surface area contributed by atoms with Gasteiger partial charge in [-0.2, -0.15) is 5.26 Å². The van der Waals surface area contributed by atoms with Gasteiger partial charge in [-0.1, -0.05) is 12.5 Å². The highest BCUT2D eigenvalue weighted by atomic mass is 19.1. The molecule has 1 saturated carbocycles. The molecule has 0 aliphatic heterocycles. The standard InChI is InChI=1S/C12H13FN2/c13-11-5-4-9(6-10(11)7-14)12(15)8-2-1-3-8/h4-6,8,12H,1-3,15H2/t12-/m0/s1. The summed E-state index contributed by atoms with van der Waals surface area (Å²) >= 11 is 0. The summed E-state index contributed by atoms with van der Waals surface area (Å²) < 4.78 is 13.1. The van der Waals surface area contributed by atoms with E-state index in [1.165, 1.54) is 12.5 Å². The molecule has 2 rings (SSSR count). The van der Waals surface area contributed by atoms with Gasteiger partial charge in [0.1, 0.15) is 11.9 Å². The Morgan fingerprint density at radius 1 is 1.47 bits per heavy atom. The highest BCUT2D eigenvalue weighted by molar-refractivity contribution is 5.35. The minimum atomic E-state index is -0.470. The van der Waals surface area contributed by atoms with E-state index in [9.17, 15) is 4.39 Å². The first-order chi connectivity index (χ1) is 7.22. The monoisotopic (exact) mass is 204 g/mol. The first kappa shape index (κ1) is 10.1. The van der Waals surface area contributed by atoms with E-state index >= 15 is 0 Å². The number of halogens is 1. The Morgan fingerprint density at radius 3 is 2.73 bits per heavy atom. The number of hydrogen-bond donors (Lipinski definition) is 1. The minimum Gasteiger partial charge on any atom is -0.324 e. The summed E-state index contributed by atoms with van der Waals surface area (Å²) in [4.78, 5) is 0. The average molecular weight is 204 g/mol. The molecule has 0 spiro atoms. The van der Waals surface area contributed by atoms with Gasteiger partial charge in [-0.05, 0) is 36.5 Å². The van der Waals surface area contributed by atoms with Crippen LogP contribution in [0.5, 0.6) is 0 Å². The molecule has 1 aliphatic carbocycles. The molecule has 1 atom stereocenters. The van der Waals surface area contributed by atoms with Crippen molar-refractivity contribution in [3.05, 3.63) is 35.1 Å². The second-order valence-corrected chi connectivity index (χ2v) is 4.07. The van der Waals surface area contributed by atoms with Gasteiger partial charge in [0.2, 0.25) is 0 Å². The smallest absolute Gasteiger partial charge is 0.140 e. The molecular formula is C12H13FN2. The highest BCUT2D eigenvalue weighted by Gasteiger charge is 2.25. The van der Waals surface area contributed by atoms with Crippen molar-refractivity contribution in [2.24, 2.45) is 11.7 Å². The third-order valence-corrected chi connectivity index (χ3v) is 3.15. The lowest BCUT2D eigenvalue weighted by Crippen LogP contribution is -2.26. The van der Waals surface area contributed by atoms with Gasteiger partial charge in [-0.3, -0.25) is 0 Å². The fraction of sp³-hybridized carbons (Fsp3) is 0.417. The molecule has 0 saturated heterocycles. The maximum absolute atomic E-state index is 13.1. The van der Waals surface area contributed by atoms with Crippen molar-refractivity contribution in [1.29, 1.82) is 5.26 Å². The van der Waals surface area contributed by atoms with Gasteiger partial charge in [0.25, 0.3) is 0 Å². The zero-order chi connectivity index (χ0) is 10.8. The van der Waals surface area contributed by atoms with Crippen LogP contribution in [0, 0.1) is 23.1 Å². The number of nitrogens with two attached hydrogens (primary N) is 1. The summed E-state index contributed by atoms with van der Waals surface area (Å²) in [6.45, 7) is 0. The van der Waals surface area contributed by atoms with Gasteiger partial charge in [0.15, 0.2) is 0 Å². The fourth-order valence-corrected chi connectivity index (χ4v) is 1.91. The highest BCUT2D eigenvalue weighted by Crippen LogP contribution is 2.36. The number of rotatable bonds is 2. The van der Waals surface area contributed by atoms with Gasteiger partial charge in [0, 0.05) is 6.04 Å². The predicted octanol–water partition coefficient (Wildman–Crippen LogP) is 2.50. The lowest BCUT2D eigenvalue weighted by Gasteiger charge is -2.31. The topological polar surface area (TPSA) is 49.8 Å². The van der Waals surface area contributed by atoms with Gasteiger partial charge in [-0.25, -0.2) is 4.39 Å². The summed E-state index contributed by atoms with van der Waals surface area (Å²) in [5.74, 6) is 0.0315. The van der Waals surface area contributed by atoms with Crippen LogP contribution in [-0.2, 0) is 0 Å². The third-order valence-electron chi connectivity index (χ3n) is 3.15. The van der Waals surface area contributed by atoms with Crippen LogP contribution in [-0.4, -0.2) is 0 Å². The van der Waals surface area contributed by atoms with Crippen molar-refractivity contribution in [3.8, 4) is 6.07 Å². The Morgan fingerprint density at radius 2 is 2.20 bits per heavy atom. The molecule has 78 valence electrons. The average Bonchev–Trinajstić information content (AvgIpc) is 2.15. The van der Waals surface area contributed by atoms with E-state index in [1.54, 1.807) is 12.1 Å². The van der Waals surface area contributed by atoms with Crippen molar-refractivity contribution < 1.29 is 4.39 Å². The first-order valence-electron chi connectivity index (χ1n) is 5.17. The molecule has 2 nitrogen and oxygen atoms in total. The lowest BCUT2D eigenvalue weighted by atomic mass is 9.77. The minimum absolute atomic E-state index is 0.0496. The zero-order valence-corrected chi connectivity index (χ0v) is 8.41. The number of hydrogen-bond acceptors (Lipinski definition) is 2. The molecule has 0 aromatic heterocycles. The second-order valence-electron chi connectivity index (χ2n) is 4.07.